The van der Waals surface area contributed by atoms with Crippen molar-refractivity contribution in [3.05, 3.63) is 69.4 Å². The summed E-state index contributed by atoms with van der Waals surface area (Å²) in [4.78, 5) is 28.1. The monoisotopic (exact) mass is 658 g/mol. The number of hydrogen-bond donors (Lipinski definition) is 1. The summed E-state index contributed by atoms with van der Waals surface area (Å²) in [6.45, 7) is 0.227. The van der Waals surface area contributed by atoms with Crippen molar-refractivity contribution in [3.8, 4) is 11.3 Å². The molecule has 0 unspecified atom stereocenters. The number of aliphatic hydroxyl groups excluding tert-OH is 1. The number of aromatic nitrogens is 1. The summed E-state index contributed by atoms with van der Waals surface area (Å²) < 4.78 is 37.5. The van der Waals surface area contributed by atoms with Crippen LogP contribution in [0.5, 0.6) is 0 Å². The Morgan fingerprint density at radius 1 is 1.05 bits per heavy atom. The Hall–Kier alpha value is -2.76. The summed E-state index contributed by atoms with van der Waals surface area (Å²) >= 11 is 13.0. The van der Waals surface area contributed by atoms with E-state index in [2.05, 4.69) is 5.16 Å². The van der Waals surface area contributed by atoms with Gasteiger partial charge in [0.25, 0.3) is 0 Å². The highest BCUT2D eigenvalue weighted by molar-refractivity contribution is 7.92. The van der Waals surface area contributed by atoms with Crippen molar-refractivity contribution in [2.75, 3.05) is 10.7 Å². The number of nitrogens with zero attached hydrogens (tertiary/aromatic N) is 2. The lowest BCUT2D eigenvalue weighted by Gasteiger charge is -2.31. The Bertz CT molecular complexity index is 1700. The maximum absolute atomic E-state index is 13.5. The molecule has 1 amide bonds. The van der Waals surface area contributed by atoms with E-state index in [-0.39, 0.29) is 42.1 Å². The van der Waals surface area contributed by atoms with Crippen molar-refractivity contribution in [2.24, 2.45) is 5.92 Å². The van der Waals surface area contributed by atoms with E-state index < -0.39 is 32.7 Å². The van der Waals surface area contributed by atoms with Crippen LogP contribution < -0.4 is 4.90 Å². The molecule has 3 saturated carbocycles. The number of ketones is 1. The molecule has 9 nitrogen and oxygen atoms in total. The van der Waals surface area contributed by atoms with Crippen LogP contribution in [0.1, 0.15) is 72.5 Å². The molecule has 3 aliphatic carbocycles. The second-order valence-corrected chi connectivity index (χ2v) is 15.4. The van der Waals surface area contributed by atoms with Gasteiger partial charge in [0.05, 0.1) is 40.0 Å². The highest BCUT2D eigenvalue weighted by Gasteiger charge is 2.52. The normalized spacial score (nSPS) is 26.6. The summed E-state index contributed by atoms with van der Waals surface area (Å²) in [7, 11) is -3.75. The van der Waals surface area contributed by atoms with Gasteiger partial charge in [0.1, 0.15) is 17.2 Å². The van der Waals surface area contributed by atoms with Crippen LogP contribution in [0, 0.1) is 5.92 Å². The lowest BCUT2D eigenvalue weighted by atomic mass is 10.0. The number of sulfone groups is 1. The van der Waals surface area contributed by atoms with Crippen molar-refractivity contribution in [1.82, 2.24) is 5.16 Å². The van der Waals surface area contributed by atoms with Gasteiger partial charge in [0.2, 0.25) is 5.91 Å². The van der Waals surface area contributed by atoms with E-state index in [1.807, 2.05) is 0 Å². The van der Waals surface area contributed by atoms with Crippen LogP contribution >= 0.6 is 23.2 Å². The van der Waals surface area contributed by atoms with Gasteiger partial charge in [0, 0.05) is 34.3 Å². The summed E-state index contributed by atoms with van der Waals surface area (Å²) in [6, 6.07) is 11.8. The first-order valence-electron chi connectivity index (χ1n) is 15.0. The minimum atomic E-state index is -3.75. The number of Topliss-reactive ketones (excluding diaryl/α,β-unsaturated/α-hetero) is 1. The van der Waals surface area contributed by atoms with Gasteiger partial charge in [-0.2, -0.15) is 0 Å². The topological polar surface area (TPSA) is 127 Å². The fraction of sp³-hybridized carbons (Fsp3) is 0.469. The zero-order valence-electron chi connectivity index (χ0n) is 23.8. The molecule has 1 N–H and O–H groups in total. The van der Waals surface area contributed by atoms with Gasteiger partial charge in [0.15, 0.2) is 15.6 Å². The average Bonchev–Trinajstić information content (AvgIpc) is 3.27. The molecule has 1 aliphatic heterocycles. The lowest BCUT2D eigenvalue weighted by molar-refractivity contribution is -0.126. The van der Waals surface area contributed by atoms with Crippen molar-refractivity contribution in [1.29, 1.82) is 0 Å². The summed E-state index contributed by atoms with van der Waals surface area (Å²) in [5.41, 5.74) is 2.92. The van der Waals surface area contributed by atoms with Crippen molar-refractivity contribution >= 4 is 50.4 Å². The van der Waals surface area contributed by atoms with Crippen molar-refractivity contribution in [3.63, 3.8) is 0 Å². The first-order chi connectivity index (χ1) is 21.1. The molecule has 0 spiro atoms. The number of ether oxygens (including phenoxy) is 1. The molecule has 1 aromatic heterocycles. The first kappa shape index (κ1) is 29.9. The fourth-order valence-corrected chi connectivity index (χ4v) is 9.53. The minimum Gasteiger partial charge on any atom is -0.392 e. The van der Waals surface area contributed by atoms with E-state index in [9.17, 15) is 23.1 Å². The standard InChI is InChI=1S/C32H32Cl2N2O7S/c33-23-3-1-4-24(34)29(23)30-22(31(43-35-30)18-7-8-18)15-42-27-14-20-13-21(27)32(39)36(20)19-11-9-17(10-12-19)26(38)16-44(40,41)28-6-2-5-25(28)37/h1,3-4,9-12,18,20-21,25,27-28,37H,2,5-8,13-16H2/t20-,21+,25+,27+,28+/m0/s1. The number of fused-ring (bicyclic) bond motifs is 2. The predicted molar refractivity (Wildman–Crippen MR) is 165 cm³/mol. The number of benzene rings is 2. The molecule has 1 saturated heterocycles. The molecule has 2 heterocycles. The Kier molecular flexibility index (Phi) is 7.86. The Morgan fingerprint density at radius 2 is 1.77 bits per heavy atom. The number of hydrogen-bond acceptors (Lipinski definition) is 8. The molecule has 12 heteroatoms. The van der Waals surface area contributed by atoms with Crippen LogP contribution in [-0.4, -0.2) is 59.6 Å². The van der Waals surface area contributed by atoms with Gasteiger partial charge in [-0.15, -0.1) is 0 Å². The smallest absolute Gasteiger partial charge is 0.233 e. The Balaban J connectivity index is 1.02. The third kappa shape index (κ3) is 5.38. The molecule has 4 fully saturated rings. The zero-order valence-corrected chi connectivity index (χ0v) is 26.2. The highest BCUT2D eigenvalue weighted by Crippen LogP contribution is 2.47. The number of halogens is 2. The highest BCUT2D eigenvalue weighted by atomic mass is 35.5. The second-order valence-electron chi connectivity index (χ2n) is 12.3. The molecule has 0 radical (unpaired) electrons. The van der Waals surface area contributed by atoms with E-state index in [1.165, 1.54) is 0 Å². The van der Waals surface area contributed by atoms with Crippen LogP contribution in [0.15, 0.2) is 47.0 Å². The van der Waals surface area contributed by atoms with E-state index in [0.29, 0.717) is 59.1 Å². The SMILES string of the molecule is O=C(CS(=O)(=O)[C@@H]1CCC[C@H]1O)c1ccc(N2C(=O)[C@@H]3C[C@H]2C[C@H]3OCc2c(-c3c(Cl)cccc3Cl)noc2C2CC2)cc1. The van der Waals surface area contributed by atoms with Crippen LogP contribution in [0.3, 0.4) is 0 Å². The molecule has 2 aromatic carbocycles. The van der Waals surface area contributed by atoms with Crippen molar-refractivity contribution < 1.29 is 32.4 Å². The van der Waals surface area contributed by atoms with Crippen LogP contribution in [-0.2, 0) is 26.0 Å². The minimum absolute atomic E-state index is 0.0368. The van der Waals surface area contributed by atoms with Gasteiger partial charge < -0.3 is 19.3 Å². The van der Waals surface area contributed by atoms with Gasteiger partial charge in [-0.3, -0.25) is 9.59 Å². The zero-order chi connectivity index (χ0) is 30.7. The van der Waals surface area contributed by atoms with Crippen LogP contribution in [0.4, 0.5) is 5.69 Å². The lowest BCUT2D eigenvalue weighted by Crippen LogP contribution is -2.43. The summed E-state index contributed by atoms with van der Waals surface area (Å²) in [5.74, 6) is -0.424. The van der Waals surface area contributed by atoms with Gasteiger partial charge in [-0.25, -0.2) is 8.42 Å². The fourth-order valence-electron chi connectivity index (χ4n) is 7.07. The largest absolute Gasteiger partial charge is 0.392 e. The molecular formula is C32H32Cl2N2O7S. The van der Waals surface area contributed by atoms with Crippen LogP contribution in [0.2, 0.25) is 10.0 Å². The average molecular weight is 660 g/mol. The summed E-state index contributed by atoms with van der Waals surface area (Å²) in [6.07, 6.45) is 3.61. The number of carbonyl (C=O) groups is 2. The number of piperidine rings is 1. The van der Waals surface area contributed by atoms with E-state index in [1.54, 1.807) is 47.4 Å². The molecule has 44 heavy (non-hydrogen) atoms. The molecule has 3 aromatic rings. The first-order valence-corrected chi connectivity index (χ1v) is 17.5. The van der Waals surface area contributed by atoms with Gasteiger partial charge >= 0.3 is 0 Å². The van der Waals surface area contributed by atoms with E-state index in [0.717, 1.165) is 24.2 Å². The molecular weight excluding hydrogens is 627 g/mol. The quantitative estimate of drug-likeness (QED) is 0.273. The maximum atomic E-state index is 13.5. The number of amides is 1. The van der Waals surface area contributed by atoms with E-state index >= 15 is 0 Å². The number of rotatable bonds is 10. The number of aliphatic hydroxyl groups is 1. The van der Waals surface area contributed by atoms with Crippen LogP contribution in [0.25, 0.3) is 11.3 Å². The number of carbonyl (C=O) groups excluding carboxylic acids is 2. The molecule has 5 atom stereocenters. The van der Waals surface area contributed by atoms with Gasteiger partial charge in [-0.1, -0.05) is 34.4 Å². The Labute approximate surface area is 265 Å². The predicted octanol–water partition coefficient (Wildman–Crippen LogP) is 5.75. The third-order valence-electron chi connectivity index (χ3n) is 9.49. The number of anilines is 1. The molecule has 4 aliphatic rings. The molecule has 232 valence electrons. The second kappa shape index (κ2) is 11.6. The van der Waals surface area contributed by atoms with Gasteiger partial charge in [-0.05, 0) is 81.3 Å². The maximum Gasteiger partial charge on any atom is 0.233 e. The van der Waals surface area contributed by atoms with Crippen molar-refractivity contribution in [2.45, 2.75) is 81.0 Å². The Morgan fingerprint density at radius 3 is 2.41 bits per heavy atom. The summed E-state index contributed by atoms with van der Waals surface area (Å²) in [5, 5.41) is 14.4. The van der Waals surface area contributed by atoms with E-state index in [4.69, 9.17) is 32.5 Å². The third-order valence-corrected chi connectivity index (χ3v) is 12.3. The molecule has 7 rings (SSSR count). The molecule has 2 bridgehead atoms.